The summed E-state index contributed by atoms with van der Waals surface area (Å²) in [5.41, 5.74) is 0.132. The maximum absolute atomic E-state index is 11.9. The Bertz CT molecular complexity index is 437. The molecule has 1 rings (SSSR count). The Kier molecular flexibility index (Phi) is 5.39. The summed E-state index contributed by atoms with van der Waals surface area (Å²) >= 11 is 0. The second kappa shape index (κ2) is 6.61. The van der Waals surface area contributed by atoms with Crippen LogP contribution < -0.4 is 5.32 Å². The third-order valence-electron chi connectivity index (χ3n) is 2.82. The quantitative estimate of drug-likeness (QED) is 0.769. The van der Waals surface area contributed by atoms with E-state index in [0.717, 1.165) is 5.56 Å². The molecule has 1 aromatic rings. The van der Waals surface area contributed by atoms with E-state index < -0.39 is 5.60 Å². The van der Waals surface area contributed by atoms with Gasteiger partial charge in [0, 0.05) is 13.1 Å². The topological polar surface area (TPSA) is 72.8 Å². The number of aliphatic hydroxyl groups is 1. The van der Waals surface area contributed by atoms with E-state index in [2.05, 4.69) is 5.32 Å². The molecule has 5 nitrogen and oxygen atoms in total. The molecule has 0 bridgehead atoms. The van der Waals surface area contributed by atoms with E-state index in [1.54, 1.807) is 33.0 Å². The van der Waals surface area contributed by atoms with Crippen LogP contribution in [0.1, 0.15) is 26.3 Å². The fraction of sp³-hybridized carbons (Fsp3) is 0.533. The molecule has 1 unspecified atom stereocenters. The molecule has 112 valence electrons. The van der Waals surface area contributed by atoms with E-state index in [4.69, 9.17) is 0 Å². The van der Waals surface area contributed by atoms with Gasteiger partial charge in [-0.2, -0.15) is 0 Å². The van der Waals surface area contributed by atoms with Gasteiger partial charge in [0.25, 0.3) is 0 Å². The lowest BCUT2D eigenvalue weighted by Crippen LogP contribution is -2.47. The van der Waals surface area contributed by atoms with Crippen LogP contribution in [0.3, 0.4) is 0 Å². The average molecular weight is 280 g/mol. The summed E-state index contributed by atoms with van der Waals surface area (Å²) < 4.78 is 0. The second-order valence-corrected chi connectivity index (χ2v) is 5.89. The Morgan fingerprint density at radius 1 is 1.35 bits per heavy atom. The highest BCUT2D eigenvalue weighted by molar-refractivity contribution is 5.74. The summed E-state index contributed by atoms with van der Waals surface area (Å²) in [6.45, 7) is 5.51. The van der Waals surface area contributed by atoms with Crippen LogP contribution in [0.4, 0.5) is 4.79 Å². The molecule has 0 aromatic heterocycles. The number of hydrogen-bond donors (Lipinski definition) is 3. The van der Waals surface area contributed by atoms with E-state index in [-0.39, 0.29) is 24.4 Å². The van der Waals surface area contributed by atoms with Gasteiger partial charge in [-0.25, -0.2) is 4.79 Å². The van der Waals surface area contributed by atoms with Crippen molar-refractivity contribution in [3.8, 4) is 5.75 Å². The van der Waals surface area contributed by atoms with Crippen molar-refractivity contribution in [2.75, 3.05) is 13.6 Å². The molecule has 0 saturated carbocycles. The lowest BCUT2D eigenvalue weighted by atomic mass is 10.1. The Morgan fingerprint density at radius 3 is 2.40 bits per heavy atom. The van der Waals surface area contributed by atoms with Crippen molar-refractivity contribution in [1.29, 1.82) is 0 Å². The van der Waals surface area contributed by atoms with Gasteiger partial charge in [0.05, 0.1) is 12.1 Å². The first-order chi connectivity index (χ1) is 9.17. The van der Waals surface area contributed by atoms with Crippen LogP contribution in [-0.2, 0) is 6.42 Å². The number of urea groups is 1. The molecule has 0 aliphatic heterocycles. The number of carbonyl (C=O) groups excluding carboxylic acids is 1. The predicted molar refractivity (Wildman–Crippen MR) is 78.7 cm³/mol. The highest BCUT2D eigenvalue weighted by Crippen LogP contribution is 2.11. The van der Waals surface area contributed by atoms with Crippen molar-refractivity contribution in [2.24, 2.45) is 0 Å². The van der Waals surface area contributed by atoms with Crippen molar-refractivity contribution >= 4 is 6.03 Å². The third-order valence-corrected chi connectivity index (χ3v) is 2.82. The number of benzene rings is 1. The Balaban J connectivity index is 2.47. The van der Waals surface area contributed by atoms with Gasteiger partial charge in [0.1, 0.15) is 5.75 Å². The minimum atomic E-state index is -0.910. The zero-order chi connectivity index (χ0) is 15.3. The van der Waals surface area contributed by atoms with E-state index in [0.29, 0.717) is 6.42 Å². The lowest BCUT2D eigenvalue weighted by molar-refractivity contribution is 0.0528. The van der Waals surface area contributed by atoms with Gasteiger partial charge in [-0.05, 0) is 44.9 Å². The summed E-state index contributed by atoms with van der Waals surface area (Å²) in [4.78, 5) is 13.4. The van der Waals surface area contributed by atoms with Crippen LogP contribution in [0.25, 0.3) is 0 Å². The molecular formula is C15H24N2O3. The molecule has 0 aliphatic rings. The zero-order valence-electron chi connectivity index (χ0n) is 12.6. The molecule has 20 heavy (non-hydrogen) atoms. The number of hydrogen-bond acceptors (Lipinski definition) is 3. The monoisotopic (exact) mass is 280 g/mol. The molecule has 2 amide bonds. The molecule has 5 heteroatoms. The fourth-order valence-corrected chi connectivity index (χ4v) is 2.01. The van der Waals surface area contributed by atoms with Crippen LogP contribution in [0, 0.1) is 0 Å². The minimum Gasteiger partial charge on any atom is -0.508 e. The summed E-state index contributed by atoms with van der Waals surface area (Å²) in [6, 6.07) is 6.68. The molecule has 0 saturated heterocycles. The van der Waals surface area contributed by atoms with Gasteiger partial charge in [-0.1, -0.05) is 12.1 Å². The smallest absolute Gasteiger partial charge is 0.317 e. The van der Waals surface area contributed by atoms with Gasteiger partial charge in [0.15, 0.2) is 0 Å². The van der Waals surface area contributed by atoms with Crippen LogP contribution in [0.2, 0.25) is 0 Å². The van der Waals surface area contributed by atoms with Gasteiger partial charge in [-0.3, -0.25) is 0 Å². The molecule has 0 spiro atoms. The number of phenols is 1. The van der Waals surface area contributed by atoms with Gasteiger partial charge in [-0.15, -0.1) is 0 Å². The number of rotatable bonds is 5. The van der Waals surface area contributed by atoms with Gasteiger partial charge < -0.3 is 20.4 Å². The van der Waals surface area contributed by atoms with Crippen molar-refractivity contribution in [3.63, 3.8) is 0 Å². The predicted octanol–water partition coefficient (Wildman–Crippen LogP) is 1.74. The van der Waals surface area contributed by atoms with E-state index in [1.165, 1.54) is 4.90 Å². The average Bonchev–Trinajstić information content (AvgIpc) is 2.29. The van der Waals surface area contributed by atoms with Crippen LogP contribution >= 0.6 is 0 Å². The maximum Gasteiger partial charge on any atom is 0.317 e. The lowest BCUT2D eigenvalue weighted by Gasteiger charge is -2.27. The molecule has 0 aliphatic carbocycles. The first kappa shape index (κ1) is 16.3. The molecule has 1 aromatic carbocycles. The van der Waals surface area contributed by atoms with Crippen molar-refractivity contribution in [1.82, 2.24) is 10.2 Å². The number of aromatic hydroxyl groups is 1. The summed E-state index contributed by atoms with van der Waals surface area (Å²) in [7, 11) is 1.65. The summed E-state index contributed by atoms with van der Waals surface area (Å²) in [5.74, 6) is 0.232. The first-order valence-corrected chi connectivity index (χ1v) is 6.69. The molecular weight excluding hydrogens is 256 g/mol. The number of amides is 2. The Labute approximate surface area is 120 Å². The van der Waals surface area contributed by atoms with E-state index in [1.807, 2.05) is 19.1 Å². The Morgan fingerprint density at radius 2 is 1.90 bits per heavy atom. The second-order valence-electron chi connectivity index (χ2n) is 5.89. The number of nitrogens with one attached hydrogen (secondary N) is 1. The van der Waals surface area contributed by atoms with Crippen molar-refractivity contribution in [3.05, 3.63) is 29.8 Å². The summed E-state index contributed by atoms with van der Waals surface area (Å²) in [6.07, 6.45) is 0.683. The largest absolute Gasteiger partial charge is 0.508 e. The van der Waals surface area contributed by atoms with Crippen molar-refractivity contribution in [2.45, 2.75) is 38.8 Å². The molecule has 3 N–H and O–H groups in total. The number of likely N-dealkylation sites (N-methyl/N-ethyl adjacent to an activating group) is 1. The molecule has 0 fully saturated rings. The Hall–Kier alpha value is -1.75. The molecule has 0 radical (unpaired) electrons. The highest BCUT2D eigenvalue weighted by atomic mass is 16.3. The number of phenolic OH excluding ortho intramolecular Hbond substituents is 1. The van der Waals surface area contributed by atoms with Crippen LogP contribution in [0.5, 0.6) is 5.75 Å². The number of carbonyl (C=O) groups is 1. The van der Waals surface area contributed by atoms with E-state index >= 15 is 0 Å². The van der Waals surface area contributed by atoms with E-state index in [9.17, 15) is 15.0 Å². The molecule has 1 atom stereocenters. The third kappa shape index (κ3) is 5.93. The highest BCUT2D eigenvalue weighted by Gasteiger charge is 2.20. The summed E-state index contributed by atoms with van der Waals surface area (Å²) in [5, 5.41) is 21.8. The van der Waals surface area contributed by atoms with Gasteiger partial charge in [0.2, 0.25) is 0 Å². The fourth-order valence-electron chi connectivity index (χ4n) is 2.01. The van der Waals surface area contributed by atoms with Crippen molar-refractivity contribution < 1.29 is 15.0 Å². The first-order valence-electron chi connectivity index (χ1n) is 6.69. The molecule has 0 heterocycles. The standard InChI is InChI=1S/C15H24N2O3/c1-11(9-12-5-7-13(18)8-6-12)16-14(19)17(4)10-15(2,3)20/h5-8,11,18,20H,9-10H2,1-4H3,(H,16,19). The van der Waals surface area contributed by atoms with Crippen LogP contribution in [0.15, 0.2) is 24.3 Å². The maximum atomic E-state index is 11.9. The SMILES string of the molecule is CC(Cc1ccc(O)cc1)NC(=O)N(C)CC(C)(C)O. The number of nitrogens with zero attached hydrogens (tertiary/aromatic N) is 1. The minimum absolute atomic E-state index is 0.0312. The zero-order valence-corrected chi connectivity index (χ0v) is 12.6. The van der Waals surface area contributed by atoms with Crippen LogP contribution in [-0.4, -0.2) is 46.4 Å². The normalized spacial score (nSPS) is 12.8. The van der Waals surface area contributed by atoms with Gasteiger partial charge >= 0.3 is 6.03 Å².